The van der Waals surface area contributed by atoms with Crippen molar-refractivity contribution in [3.8, 4) is 0 Å². The highest BCUT2D eigenvalue weighted by Gasteiger charge is 2.19. The topological polar surface area (TPSA) is 63.6 Å². The van der Waals surface area contributed by atoms with Gasteiger partial charge in [-0.05, 0) is 49.4 Å². The second-order valence-electron chi connectivity index (χ2n) is 7.42. The molecule has 2 fully saturated rings. The zero-order valence-electron chi connectivity index (χ0n) is 14.5. The molecule has 0 heterocycles. The van der Waals surface area contributed by atoms with Crippen LogP contribution in [0.5, 0.6) is 0 Å². The first-order chi connectivity index (χ1) is 10.3. The molecule has 0 bridgehead atoms. The van der Waals surface area contributed by atoms with Crippen molar-refractivity contribution in [2.75, 3.05) is 19.5 Å². The number of aliphatic hydroxyl groups is 1. The Hall–Kier alpha value is -0.130. The van der Waals surface area contributed by atoms with E-state index in [1.165, 1.54) is 38.5 Å². The van der Waals surface area contributed by atoms with Crippen LogP contribution in [-0.4, -0.2) is 33.0 Å². The van der Waals surface area contributed by atoms with Crippen LogP contribution in [0.15, 0.2) is 0 Å². The molecule has 2 aliphatic rings. The molecular formula is C17H34O4S. The monoisotopic (exact) mass is 334 g/mol. The lowest BCUT2D eigenvalue weighted by molar-refractivity contribution is 0.172. The largest absolute Gasteiger partial charge is 0.396 e. The smallest absolute Gasteiger partial charge is 0.264 e. The lowest BCUT2D eigenvalue weighted by Gasteiger charge is -2.25. The summed E-state index contributed by atoms with van der Waals surface area (Å²) in [5, 5.41) is 8.78. The van der Waals surface area contributed by atoms with E-state index in [-0.39, 0.29) is 0 Å². The van der Waals surface area contributed by atoms with Crippen LogP contribution in [0.4, 0.5) is 0 Å². The molecule has 22 heavy (non-hydrogen) atoms. The van der Waals surface area contributed by atoms with Crippen molar-refractivity contribution in [2.24, 2.45) is 23.7 Å². The summed E-state index contributed by atoms with van der Waals surface area (Å²) in [5.74, 6) is 2.79. The van der Waals surface area contributed by atoms with Crippen LogP contribution in [0.1, 0.15) is 65.2 Å². The Labute approximate surface area is 136 Å². The van der Waals surface area contributed by atoms with Gasteiger partial charge < -0.3 is 5.11 Å². The Morgan fingerprint density at radius 1 is 0.864 bits per heavy atom. The van der Waals surface area contributed by atoms with Gasteiger partial charge in [0.15, 0.2) is 0 Å². The Kier molecular flexibility index (Phi) is 8.95. The highest BCUT2D eigenvalue weighted by Crippen LogP contribution is 2.28. The van der Waals surface area contributed by atoms with Crippen molar-refractivity contribution in [1.29, 1.82) is 0 Å². The van der Waals surface area contributed by atoms with E-state index < -0.39 is 10.1 Å². The maximum atomic E-state index is 10.7. The minimum absolute atomic E-state index is 0.381. The molecule has 0 unspecified atom stereocenters. The van der Waals surface area contributed by atoms with Crippen LogP contribution in [0, 0.1) is 23.7 Å². The maximum Gasteiger partial charge on any atom is 0.264 e. The fourth-order valence-electron chi connectivity index (χ4n) is 3.23. The molecule has 0 saturated heterocycles. The molecule has 5 heteroatoms. The van der Waals surface area contributed by atoms with Gasteiger partial charge in [-0.15, -0.1) is 0 Å². The summed E-state index contributed by atoms with van der Waals surface area (Å²) in [4.78, 5) is 0. The normalized spacial score (nSPS) is 32.9. The summed E-state index contributed by atoms with van der Waals surface area (Å²) in [5.41, 5.74) is 0. The molecular weight excluding hydrogens is 300 g/mol. The molecule has 2 saturated carbocycles. The molecule has 0 aromatic heterocycles. The molecule has 0 spiro atoms. The molecule has 0 amide bonds. The van der Waals surface area contributed by atoms with Crippen LogP contribution in [0.3, 0.4) is 0 Å². The zero-order valence-corrected chi connectivity index (χ0v) is 15.3. The maximum absolute atomic E-state index is 10.7. The van der Waals surface area contributed by atoms with Crippen molar-refractivity contribution in [2.45, 2.75) is 65.2 Å². The molecule has 2 rings (SSSR count). The van der Waals surface area contributed by atoms with Gasteiger partial charge in [-0.2, -0.15) is 8.42 Å². The minimum Gasteiger partial charge on any atom is -0.396 e. The van der Waals surface area contributed by atoms with Crippen LogP contribution in [0.2, 0.25) is 0 Å². The minimum atomic E-state index is -3.24. The van der Waals surface area contributed by atoms with Gasteiger partial charge in [0.05, 0.1) is 12.9 Å². The first-order valence-electron chi connectivity index (χ1n) is 8.75. The highest BCUT2D eigenvalue weighted by atomic mass is 32.2. The van der Waals surface area contributed by atoms with Crippen molar-refractivity contribution < 1.29 is 17.7 Å². The van der Waals surface area contributed by atoms with Gasteiger partial charge in [0.2, 0.25) is 0 Å². The SMILES string of the molecule is CC1CCC(CO)CC1.CC1CCC(COS(C)(=O)=O)CC1. The van der Waals surface area contributed by atoms with Crippen molar-refractivity contribution in [3.63, 3.8) is 0 Å². The van der Waals surface area contributed by atoms with E-state index in [9.17, 15) is 8.42 Å². The molecule has 0 atom stereocenters. The fourth-order valence-corrected chi connectivity index (χ4v) is 3.67. The average Bonchev–Trinajstić information content (AvgIpc) is 2.47. The third kappa shape index (κ3) is 9.11. The van der Waals surface area contributed by atoms with E-state index in [2.05, 4.69) is 13.8 Å². The van der Waals surface area contributed by atoms with E-state index in [1.807, 2.05) is 0 Å². The number of aliphatic hydroxyl groups excluding tert-OH is 1. The Bertz CT molecular complexity index is 377. The summed E-state index contributed by atoms with van der Waals surface area (Å²) in [6, 6.07) is 0. The number of hydrogen-bond acceptors (Lipinski definition) is 4. The standard InChI is InChI=1S/C9H18O3S.C8H16O/c1-8-3-5-9(6-4-8)7-12-13(2,10)11;1-7-2-4-8(6-9)5-3-7/h8-9H,3-7H2,1-2H3;7-9H,2-6H2,1H3. The average molecular weight is 335 g/mol. The molecule has 0 radical (unpaired) electrons. The predicted molar refractivity (Wildman–Crippen MR) is 90.1 cm³/mol. The van der Waals surface area contributed by atoms with E-state index in [0.717, 1.165) is 30.9 Å². The van der Waals surface area contributed by atoms with E-state index >= 15 is 0 Å². The summed E-state index contributed by atoms with van der Waals surface area (Å²) < 4.78 is 26.2. The molecule has 0 aromatic rings. The quantitative estimate of drug-likeness (QED) is 0.798. The zero-order chi connectivity index (χ0) is 16.6. The Balaban J connectivity index is 0.000000235. The van der Waals surface area contributed by atoms with Crippen LogP contribution in [-0.2, 0) is 14.3 Å². The molecule has 132 valence electrons. The highest BCUT2D eigenvalue weighted by molar-refractivity contribution is 7.85. The first-order valence-corrected chi connectivity index (χ1v) is 10.6. The van der Waals surface area contributed by atoms with E-state index in [1.54, 1.807) is 0 Å². The summed E-state index contributed by atoms with van der Waals surface area (Å²) in [6.07, 6.45) is 10.9. The third-order valence-electron chi connectivity index (χ3n) is 5.05. The van der Waals surface area contributed by atoms with Gasteiger partial charge in [-0.25, -0.2) is 0 Å². The third-order valence-corrected chi connectivity index (χ3v) is 5.61. The Morgan fingerprint density at radius 3 is 1.64 bits per heavy atom. The van der Waals surface area contributed by atoms with Crippen molar-refractivity contribution >= 4 is 10.1 Å². The fraction of sp³-hybridized carbons (Fsp3) is 1.00. The Morgan fingerprint density at radius 2 is 1.27 bits per heavy atom. The lowest BCUT2D eigenvalue weighted by atomic mass is 9.83. The van der Waals surface area contributed by atoms with Gasteiger partial charge in [-0.1, -0.05) is 39.5 Å². The predicted octanol–water partition coefficient (Wildman–Crippen LogP) is 3.59. The summed E-state index contributed by atoms with van der Waals surface area (Å²) in [6.45, 7) is 5.33. The molecule has 1 N–H and O–H groups in total. The van der Waals surface area contributed by atoms with Gasteiger partial charge >= 0.3 is 0 Å². The summed E-state index contributed by atoms with van der Waals surface area (Å²) in [7, 11) is -3.24. The van der Waals surface area contributed by atoms with Crippen LogP contribution < -0.4 is 0 Å². The van der Waals surface area contributed by atoms with Gasteiger partial charge in [0.25, 0.3) is 10.1 Å². The van der Waals surface area contributed by atoms with Crippen LogP contribution in [0.25, 0.3) is 0 Å². The second kappa shape index (κ2) is 9.89. The van der Waals surface area contributed by atoms with E-state index in [0.29, 0.717) is 25.0 Å². The second-order valence-corrected chi connectivity index (χ2v) is 9.07. The lowest BCUT2D eigenvalue weighted by Crippen LogP contribution is -2.19. The van der Waals surface area contributed by atoms with Crippen molar-refractivity contribution in [3.05, 3.63) is 0 Å². The number of hydrogen-bond donors (Lipinski definition) is 1. The summed E-state index contributed by atoms with van der Waals surface area (Å²) >= 11 is 0. The molecule has 2 aliphatic carbocycles. The molecule has 4 nitrogen and oxygen atoms in total. The van der Waals surface area contributed by atoms with Gasteiger partial charge in [0.1, 0.15) is 0 Å². The van der Waals surface area contributed by atoms with Gasteiger partial charge in [-0.3, -0.25) is 4.18 Å². The number of rotatable bonds is 4. The van der Waals surface area contributed by atoms with Crippen LogP contribution >= 0.6 is 0 Å². The van der Waals surface area contributed by atoms with Gasteiger partial charge in [0, 0.05) is 6.61 Å². The molecule has 0 aliphatic heterocycles. The first kappa shape index (κ1) is 19.9. The van der Waals surface area contributed by atoms with E-state index in [4.69, 9.17) is 9.29 Å². The van der Waals surface area contributed by atoms with Crippen molar-refractivity contribution in [1.82, 2.24) is 0 Å². The molecule has 0 aromatic carbocycles.